The molecule has 1 fully saturated rings. The van der Waals surface area contributed by atoms with Crippen molar-refractivity contribution in [1.29, 1.82) is 0 Å². The molecule has 1 aliphatic rings. The summed E-state index contributed by atoms with van der Waals surface area (Å²) >= 11 is 0. The molecule has 1 aromatic heterocycles. The highest BCUT2D eigenvalue weighted by molar-refractivity contribution is 5.92. The van der Waals surface area contributed by atoms with Gasteiger partial charge in [0.05, 0.1) is 11.1 Å². The monoisotopic (exact) mass is 359 g/mol. The Morgan fingerprint density at radius 3 is 2.50 bits per heavy atom. The molecular formula is C17H21ClF3N3. The maximum atomic E-state index is 13.0. The van der Waals surface area contributed by atoms with Gasteiger partial charge in [-0.3, -0.25) is 4.98 Å². The molecule has 3 nitrogen and oxygen atoms in total. The molecule has 0 saturated carbocycles. The first kappa shape index (κ1) is 18.8. The number of halogens is 4. The summed E-state index contributed by atoms with van der Waals surface area (Å²) in [5.74, 6) is 0. The summed E-state index contributed by atoms with van der Waals surface area (Å²) in [6.07, 6.45) is -2.66. The Hall–Kier alpha value is -1.53. The van der Waals surface area contributed by atoms with Gasteiger partial charge < -0.3 is 10.2 Å². The Morgan fingerprint density at radius 2 is 1.88 bits per heavy atom. The highest BCUT2D eigenvalue weighted by atomic mass is 35.5. The zero-order valence-electron chi connectivity index (χ0n) is 13.5. The van der Waals surface area contributed by atoms with Crippen LogP contribution in [0.25, 0.3) is 10.9 Å². The van der Waals surface area contributed by atoms with Crippen molar-refractivity contribution >= 4 is 29.0 Å². The number of rotatable bonds is 3. The molecule has 0 unspecified atom stereocenters. The van der Waals surface area contributed by atoms with Crippen molar-refractivity contribution in [1.82, 2.24) is 10.3 Å². The van der Waals surface area contributed by atoms with Crippen molar-refractivity contribution < 1.29 is 13.2 Å². The summed E-state index contributed by atoms with van der Waals surface area (Å²) in [5.41, 5.74) is 1.64. The summed E-state index contributed by atoms with van der Waals surface area (Å²) in [7, 11) is 0. The van der Waals surface area contributed by atoms with Gasteiger partial charge in [0, 0.05) is 42.9 Å². The first-order valence-corrected chi connectivity index (χ1v) is 7.95. The number of hydrogen-bond acceptors (Lipinski definition) is 3. The summed E-state index contributed by atoms with van der Waals surface area (Å²) in [5, 5.41) is 4.09. The Labute approximate surface area is 145 Å². The molecule has 0 spiro atoms. The van der Waals surface area contributed by atoms with Gasteiger partial charge in [-0.1, -0.05) is 19.4 Å². The topological polar surface area (TPSA) is 28.2 Å². The lowest BCUT2D eigenvalue weighted by Gasteiger charge is -2.30. The number of alkyl halides is 3. The normalized spacial score (nSPS) is 15.4. The van der Waals surface area contributed by atoms with Crippen LogP contribution in [0.15, 0.2) is 24.3 Å². The van der Waals surface area contributed by atoms with E-state index in [0.29, 0.717) is 5.52 Å². The van der Waals surface area contributed by atoms with E-state index in [9.17, 15) is 13.2 Å². The van der Waals surface area contributed by atoms with Gasteiger partial charge in [-0.15, -0.1) is 12.4 Å². The Bertz CT molecular complexity index is 697. The van der Waals surface area contributed by atoms with E-state index in [0.717, 1.165) is 61.9 Å². The van der Waals surface area contributed by atoms with Crippen LogP contribution < -0.4 is 10.2 Å². The summed E-state index contributed by atoms with van der Waals surface area (Å²) in [6, 6.07) is 5.90. The van der Waals surface area contributed by atoms with E-state index >= 15 is 0 Å². The van der Waals surface area contributed by atoms with E-state index in [1.807, 2.05) is 13.0 Å². The Kier molecular flexibility index (Phi) is 5.93. The molecule has 0 amide bonds. The standard InChI is InChI=1S/C17H20F3N3.ClH/c1-2-3-13-11-16(23-8-6-21-7-9-23)14-5-4-12(17(18,19)20)10-15(14)22-13;/h4-5,10-11,21H,2-3,6-9H2,1H3;1H. The van der Waals surface area contributed by atoms with Gasteiger partial charge in [-0.25, -0.2) is 0 Å². The molecule has 3 rings (SSSR count). The number of fused-ring (bicyclic) bond motifs is 1. The van der Waals surface area contributed by atoms with Gasteiger partial charge >= 0.3 is 6.18 Å². The van der Waals surface area contributed by atoms with Gasteiger partial charge in [0.15, 0.2) is 0 Å². The molecule has 2 heterocycles. The lowest BCUT2D eigenvalue weighted by Crippen LogP contribution is -2.43. The number of nitrogens with zero attached hydrogens (tertiary/aromatic N) is 2. The van der Waals surface area contributed by atoms with Crippen molar-refractivity contribution in [2.75, 3.05) is 31.1 Å². The number of aryl methyl sites for hydroxylation is 1. The van der Waals surface area contributed by atoms with E-state index in [2.05, 4.69) is 15.2 Å². The minimum absolute atomic E-state index is 0. The van der Waals surface area contributed by atoms with E-state index in [1.54, 1.807) is 6.07 Å². The molecule has 1 N–H and O–H groups in total. The highest BCUT2D eigenvalue weighted by Gasteiger charge is 2.31. The molecule has 24 heavy (non-hydrogen) atoms. The third kappa shape index (κ3) is 3.92. The minimum Gasteiger partial charge on any atom is -0.368 e. The number of nitrogens with one attached hydrogen (secondary N) is 1. The van der Waals surface area contributed by atoms with Crippen molar-refractivity contribution in [3.8, 4) is 0 Å². The highest BCUT2D eigenvalue weighted by Crippen LogP contribution is 2.34. The first-order chi connectivity index (χ1) is 11.0. The van der Waals surface area contributed by atoms with E-state index in [-0.39, 0.29) is 12.4 Å². The number of aromatic nitrogens is 1. The summed E-state index contributed by atoms with van der Waals surface area (Å²) in [4.78, 5) is 6.68. The molecule has 0 atom stereocenters. The van der Waals surface area contributed by atoms with Crippen molar-refractivity contribution in [3.05, 3.63) is 35.5 Å². The van der Waals surface area contributed by atoms with Crippen LogP contribution in [-0.4, -0.2) is 31.2 Å². The molecular weight excluding hydrogens is 339 g/mol. The third-order valence-corrected chi connectivity index (χ3v) is 4.13. The van der Waals surface area contributed by atoms with Crippen LogP contribution in [0.4, 0.5) is 18.9 Å². The van der Waals surface area contributed by atoms with E-state index in [4.69, 9.17) is 0 Å². The van der Waals surface area contributed by atoms with Crippen LogP contribution in [0, 0.1) is 0 Å². The Balaban J connectivity index is 0.00000208. The van der Waals surface area contributed by atoms with Gasteiger partial charge in [0.25, 0.3) is 0 Å². The molecule has 0 bridgehead atoms. The number of hydrogen-bond donors (Lipinski definition) is 1. The number of piperazine rings is 1. The van der Waals surface area contributed by atoms with E-state index in [1.165, 1.54) is 6.07 Å². The smallest absolute Gasteiger partial charge is 0.368 e. The maximum Gasteiger partial charge on any atom is 0.416 e. The molecule has 132 valence electrons. The summed E-state index contributed by atoms with van der Waals surface area (Å²) in [6.45, 7) is 5.51. The quantitative estimate of drug-likeness (QED) is 0.896. The fourth-order valence-electron chi connectivity index (χ4n) is 2.99. The van der Waals surface area contributed by atoms with Gasteiger partial charge in [-0.2, -0.15) is 13.2 Å². The SMILES string of the molecule is CCCc1cc(N2CCNCC2)c2ccc(C(F)(F)F)cc2n1.Cl. The van der Waals surface area contributed by atoms with E-state index < -0.39 is 11.7 Å². The largest absolute Gasteiger partial charge is 0.416 e. The molecule has 1 saturated heterocycles. The van der Waals surface area contributed by atoms with Crippen LogP contribution in [0.3, 0.4) is 0 Å². The predicted molar refractivity (Wildman–Crippen MR) is 93.1 cm³/mol. The van der Waals surface area contributed by atoms with Crippen LogP contribution in [0.1, 0.15) is 24.6 Å². The van der Waals surface area contributed by atoms with Gasteiger partial charge in [0.2, 0.25) is 0 Å². The molecule has 7 heteroatoms. The second-order valence-corrected chi connectivity index (χ2v) is 5.85. The van der Waals surface area contributed by atoms with Crippen LogP contribution in [0.5, 0.6) is 0 Å². The van der Waals surface area contributed by atoms with Crippen LogP contribution >= 0.6 is 12.4 Å². The zero-order valence-corrected chi connectivity index (χ0v) is 14.3. The average Bonchev–Trinajstić information content (AvgIpc) is 2.54. The lowest BCUT2D eigenvalue weighted by atomic mass is 10.1. The Morgan fingerprint density at radius 1 is 1.17 bits per heavy atom. The van der Waals surface area contributed by atoms with Crippen molar-refractivity contribution in [2.24, 2.45) is 0 Å². The molecule has 1 aromatic carbocycles. The fraction of sp³-hybridized carbons (Fsp3) is 0.471. The third-order valence-electron chi connectivity index (χ3n) is 4.13. The second kappa shape index (κ2) is 7.57. The molecule has 0 aliphatic carbocycles. The molecule has 1 aliphatic heterocycles. The fourth-order valence-corrected chi connectivity index (χ4v) is 2.99. The predicted octanol–water partition coefficient (Wildman–Crippen LogP) is 4.04. The average molecular weight is 360 g/mol. The number of pyridine rings is 1. The lowest BCUT2D eigenvalue weighted by molar-refractivity contribution is -0.137. The van der Waals surface area contributed by atoms with Crippen LogP contribution in [-0.2, 0) is 12.6 Å². The molecule has 2 aromatic rings. The number of benzene rings is 1. The van der Waals surface area contributed by atoms with Crippen molar-refractivity contribution in [3.63, 3.8) is 0 Å². The van der Waals surface area contributed by atoms with Gasteiger partial charge in [0.1, 0.15) is 0 Å². The van der Waals surface area contributed by atoms with Crippen LogP contribution in [0.2, 0.25) is 0 Å². The maximum absolute atomic E-state index is 13.0. The first-order valence-electron chi connectivity index (χ1n) is 7.95. The summed E-state index contributed by atoms with van der Waals surface area (Å²) < 4.78 is 38.9. The van der Waals surface area contributed by atoms with Gasteiger partial charge in [-0.05, 0) is 24.6 Å². The zero-order chi connectivity index (χ0) is 16.4. The second-order valence-electron chi connectivity index (χ2n) is 5.85. The molecule has 0 radical (unpaired) electrons. The minimum atomic E-state index is -4.34. The van der Waals surface area contributed by atoms with Crippen molar-refractivity contribution in [2.45, 2.75) is 25.9 Å². The number of anilines is 1.